The van der Waals surface area contributed by atoms with E-state index in [1.807, 2.05) is 4.90 Å². The van der Waals surface area contributed by atoms with Gasteiger partial charge >= 0.3 is 0 Å². The summed E-state index contributed by atoms with van der Waals surface area (Å²) in [7, 11) is 0. The lowest BCUT2D eigenvalue weighted by atomic mass is 9.73. The number of amides is 1. The number of nitrogens with zero attached hydrogens (tertiary/aromatic N) is 2. The molecule has 1 spiro atoms. The standard InChI is InChI=1S/C22H26N2O2/c1-3-26-20-15-22(19-14-16(2)4-5-18(19)20)8-12-24(13-9-22)21(25)17-6-10-23-11-7-17/h4-7,10-11,14,20H,3,8-9,12-13,15H2,1-2H3. The van der Waals surface area contributed by atoms with Crippen LogP contribution in [0.4, 0.5) is 0 Å². The van der Waals surface area contributed by atoms with Gasteiger partial charge in [0.25, 0.3) is 5.91 Å². The number of ether oxygens (including phenoxy) is 1. The topological polar surface area (TPSA) is 42.4 Å². The molecule has 1 fully saturated rings. The molecule has 4 rings (SSSR count). The number of carbonyl (C=O) groups excluding carboxylic acids is 1. The monoisotopic (exact) mass is 350 g/mol. The Hall–Kier alpha value is -2.20. The van der Waals surface area contributed by atoms with E-state index in [1.165, 1.54) is 16.7 Å². The Morgan fingerprint density at radius 3 is 2.65 bits per heavy atom. The fraction of sp³-hybridized carbons (Fsp3) is 0.455. The number of hydrogen-bond acceptors (Lipinski definition) is 3. The molecule has 1 saturated heterocycles. The minimum absolute atomic E-state index is 0.117. The SMILES string of the molecule is CCOC1CC2(CCN(C(=O)c3ccncc3)CC2)c2cc(C)ccc21. The van der Waals surface area contributed by atoms with Gasteiger partial charge in [-0.1, -0.05) is 23.8 Å². The van der Waals surface area contributed by atoms with Crippen molar-refractivity contribution < 1.29 is 9.53 Å². The molecule has 4 nitrogen and oxygen atoms in total. The number of piperidine rings is 1. The van der Waals surface area contributed by atoms with Crippen LogP contribution in [0.3, 0.4) is 0 Å². The van der Waals surface area contributed by atoms with Crippen LogP contribution in [0.1, 0.15) is 59.3 Å². The third-order valence-corrected chi connectivity index (χ3v) is 6.01. The zero-order valence-corrected chi connectivity index (χ0v) is 15.6. The first-order chi connectivity index (χ1) is 12.6. The second-order valence-corrected chi connectivity index (χ2v) is 7.55. The molecular formula is C22H26N2O2. The molecule has 0 bridgehead atoms. The predicted molar refractivity (Wildman–Crippen MR) is 101 cm³/mol. The predicted octanol–water partition coefficient (Wildman–Crippen LogP) is 4.05. The Bertz CT molecular complexity index is 795. The minimum atomic E-state index is 0.117. The smallest absolute Gasteiger partial charge is 0.253 e. The molecule has 1 aromatic heterocycles. The normalized spacial score (nSPS) is 21.0. The fourth-order valence-corrected chi connectivity index (χ4v) is 4.62. The van der Waals surface area contributed by atoms with Crippen molar-refractivity contribution in [2.24, 2.45) is 0 Å². The van der Waals surface area contributed by atoms with E-state index >= 15 is 0 Å². The molecule has 1 atom stereocenters. The Morgan fingerprint density at radius 1 is 1.23 bits per heavy atom. The first-order valence-corrected chi connectivity index (χ1v) is 9.55. The molecule has 2 aliphatic rings. The van der Waals surface area contributed by atoms with E-state index in [4.69, 9.17) is 4.74 Å². The molecule has 0 radical (unpaired) electrons. The van der Waals surface area contributed by atoms with Crippen LogP contribution in [0.5, 0.6) is 0 Å². The zero-order valence-electron chi connectivity index (χ0n) is 15.6. The highest BCUT2D eigenvalue weighted by Gasteiger charge is 2.46. The summed E-state index contributed by atoms with van der Waals surface area (Å²) in [5.41, 5.74) is 4.98. The summed E-state index contributed by atoms with van der Waals surface area (Å²) in [5, 5.41) is 0. The maximum absolute atomic E-state index is 12.7. The van der Waals surface area contributed by atoms with Gasteiger partial charge in [-0.2, -0.15) is 0 Å². The Labute approximate surface area is 155 Å². The molecule has 0 N–H and O–H groups in total. The number of aryl methyl sites for hydroxylation is 1. The fourth-order valence-electron chi connectivity index (χ4n) is 4.62. The number of pyridine rings is 1. The van der Waals surface area contributed by atoms with E-state index in [-0.39, 0.29) is 17.4 Å². The summed E-state index contributed by atoms with van der Waals surface area (Å²) in [6.45, 7) is 6.56. The average Bonchev–Trinajstić information content (AvgIpc) is 2.95. The minimum Gasteiger partial charge on any atom is -0.374 e. The van der Waals surface area contributed by atoms with Gasteiger partial charge in [0.1, 0.15) is 0 Å². The van der Waals surface area contributed by atoms with Crippen LogP contribution in [0.15, 0.2) is 42.7 Å². The Balaban J connectivity index is 1.55. The van der Waals surface area contributed by atoms with E-state index in [2.05, 4.69) is 37.0 Å². The van der Waals surface area contributed by atoms with Gasteiger partial charge in [-0.05, 0) is 56.4 Å². The summed E-state index contributed by atoms with van der Waals surface area (Å²) in [5.74, 6) is 0.117. The lowest BCUT2D eigenvalue weighted by Crippen LogP contribution is -2.44. The number of aromatic nitrogens is 1. The quantitative estimate of drug-likeness (QED) is 0.839. The van der Waals surface area contributed by atoms with E-state index in [9.17, 15) is 4.79 Å². The van der Waals surface area contributed by atoms with Gasteiger partial charge in [0.05, 0.1) is 6.10 Å². The summed E-state index contributed by atoms with van der Waals surface area (Å²) in [4.78, 5) is 18.7. The second kappa shape index (κ2) is 6.84. The maximum atomic E-state index is 12.7. The first-order valence-electron chi connectivity index (χ1n) is 9.55. The van der Waals surface area contributed by atoms with Gasteiger partial charge in [-0.25, -0.2) is 0 Å². The van der Waals surface area contributed by atoms with Crippen molar-refractivity contribution in [2.45, 2.75) is 44.6 Å². The summed E-state index contributed by atoms with van der Waals surface area (Å²) < 4.78 is 6.05. The molecule has 26 heavy (non-hydrogen) atoms. The van der Waals surface area contributed by atoms with Crippen LogP contribution >= 0.6 is 0 Å². The maximum Gasteiger partial charge on any atom is 0.253 e. The van der Waals surface area contributed by atoms with Crippen LogP contribution in [-0.2, 0) is 10.2 Å². The van der Waals surface area contributed by atoms with Crippen LogP contribution in [0.25, 0.3) is 0 Å². The van der Waals surface area contributed by atoms with Crippen LogP contribution in [-0.4, -0.2) is 35.5 Å². The van der Waals surface area contributed by atoms with Crippen molar-refractivity contribution in [2.75, 3.05) is 19.7 Å². The molecule has 4 heteroatoms. The summed E-state index contributed by atoms with van der Waals surface area (Å²) >= 11 is 0. The van der Waals surface area contributed by atoms with Gasteiger partial charge in [0.15, 0.2) is 0 Å². The highest BCUT2D eigenvalue weighted by atomic mass is 16.5. The largest absolute Gasteiger partial charge is 0.374 e. The van der Waals surface area contributed by atoms with Crippen LogP contribution in [0, 0.1) is 6.92 Å². The van der Waals surface area contributed by atoms with Crippen molar-refractivity contribution in [3.63, 3.8) is 0 Å². The molecule has 1 aliphatic heterocycles. The van der Waals surface area contributed by atoms with Crippen LogP contribution in [0.2, 0.25) is 0 Å². The molecule has 1 amide bonds. The molecule has 1 aromatic carbocycles. The Morgan fingerprint density at radius 2 is 1.96 bits per heavy atom. The number of likely N-dealkylation sites (tertiary alicyclic amines) is 1. The van der Waals surface area contributed by atoms with Gasteiger partial charge in [0, 0.05) is 43.1 Å². The number of rotatable bonds is 3. The molecule has 136 valence electrons. The average molecular weight is 350 g/mol. The molecule has 2 aromatic rings. The van der Waals surface area contributed by atoms with E-state index in [0.29, 0.717) is 0 Å². The zero-order chi connectivity index (χ0) is 18.1. The Kier molecular flexibility index (Phi) is 4.53. The third-order valence-electron chi connectivity index (χ3n) is 6.01. The van der Waals surface area contributed by atoms with Gasteiger partial charge in [-0.15, -0.1) is 0 Å². The summed E-state index contributed by atoms with van der Waals surface area (Å²) in [6, 6.07) is 10.4. The number of hydrogen-bond donors (Lipinski definition) is 0. The second-order valence-electron chi connectivity index (χ2n) is 7.55. The molecule has 1 aliphatic carbocycles. The van der Waals surface area contributed by atoms with Crippen LogP contribution < -0.4 is 0 Å². The lowest BCUT2D eigenvalue weighted by molar-refractivity contribution is 0.0381. The van der Waals surface area contributed by atoms with Gasteiger partial charge in [0.2, 0.25) is 0 Å². The molecule has 2 heterocycles. The van der Waals surface area contributed by atoms with E-state index in [0.717, 1.165) is 44.5 Å². The number of benzene rings is 1. The van der Waals surface area contributed by atoms with Gasteiger partial charge in [-0.3, -0.25) is 9.78 Å². The third kappa shape index (κ3) is 2.92. The molecule has 0 saturated carbocycles. The molecule has 1 unspecified atom stereocenters. The van der Waals surface area contributed by atoms with Crippen molar-refractivity contribution in [3.8, 4) is 0 Å². The van der Waals surface area contributed by atoms with Crippen molar-refractivity contribution in [1.29, 1.82) is 0 Å². The first kappa shape index (κ1) is 17.2. The van der Waals surface area contributed by atoms with Crippen molar-refractivity contribution in [1.82, 2.24) is 9.88 Å². The summed E-state index contributed by atoms with van der Waals surface area (Å²) in [6.07, 6.45) is 6.60. The van der Waals surface area contributed by atoms with E-state index < -0.39 is 0 Å². The molecular weight excluding hydrogens is 324 g/mol. The number of fused-ring (bicyclic) bond motifs is 2. The lowest BCUT2D eigenvalue weighted by Gasteiger charge is -2.40. The van der Waals surface area contributed by atoms with E-state index in [1.54, 1.807) is 24.5 Å². The number of carbonyl (C=O) groups is 1. The highest BCUT2D eigenvalue weighted by Crippen LogP contribution is 2.52. The highest BCUT2D eigenvalue weighted by molar-refractivity contribution is 5.94. The van der Waals surface area contributed by atoms with Crippen molar-refractivity contribution in [3.05, 3.63) is 65.0 Å². The van der Waals surface area contributed by atoms with Gasteiger partial charge < -0.3 is 9.64 Å². The van der Waals surface area contributed by atoms with Crippen molar-refractivity contribution >= 4 is 5.91 Å².